The van der Waals surface area contributed by atoms with Gasteiger partial charge in [-0.15, -0.1) is 0 Å². The van der Waals surface area contributed by atoms with Crippen molar-refractivity contribution < 1.29 is 22.7 Å². The number of rotatable bonds is 7. The molecular weight excluding hydrogens is 466 g/mol. The summed E-state index contributed by atoms with van der Waals surface area (Å²) in [6.07, 6.45) is 1.05. The van der Waals surface area contributed by atoms with E-state index in [1.807, 2.05) is 6.92 Å². The Morgan fingerprint density at radius 1 is 0.886 bits per heavy atom. The van der Waals surface area contributed by atoms with Crippen molar-refractivity contribution in [2.24, 2.45) is 0 Å². The molecule has 1 saturated heterocycles. The Kier molecular flexibility index (Phi) is 7.18. The number of aryl methyl sites for hydroxylation is 1. The largest absolute Gasteiger partial charge is 0.497 e. The smallest absolute Gasteiger partial charge is 0.255 e. The van der Waals surface area contributed by atoms with Gasteiger partial charge in [-0.2, -0.15) is 4.31 Å². The van der Waals surface area contributed by atoms with Crippen LogP contribution in [0.2, 0.25) is 0 Å². The Morgan fingerprint density at radius 3 is 2.11 bits per heavy atom. The SMILES string of the molecule is COc1ccc(NC(=O)c2ccc(NC(=O)C3CCCN3S(=O)(=O)c3ccc(C)cc3)cc2)cc1. The molecule has 0 radical (unpaired) electrons. The number of hydrogen-bond acceptors (Lipinski definition) is 5. The average Bonchev–Trinajstić information content (AvgIpc) is 3.36. The molecule has 35 heavy (non-hydrogen) atoms. The van der Waals surface area contributed by atoms with E-state index in [2.05, 4.69) is 10.6 Å². The van der Waals surface area contributed by atoms with Gasteiger partial charge in [-0.1, -0.05) is 17.7 Å². The first-order valence-corrected chi connectivity index (χ1v) is 12.7. The molecule has 1 aliphatic rings. The second-order valence-electron chi connectivity index (χ2n) is 8.34. The van der Waals surface area contributed by atoms with Crippen molar-refractivity contribution in [1.29, 1.82) is 0 Å². The Bertz CT molecular complexity index is 1300. The van der Waals surface area contributed by atoms with E-state index >= 15 is 0 Å². The van der Waals surface area contributed by atoms with Crippen LogP contribution in [-0.2, 0) is 14.8 Å². The fourth-order valence-electron chi connectivity index (χ4n) is 3.94. The molecule has 1 fully saturated rings. The van der Waals surface area contributed by atoms with E-state index in [9.17, 15) is 18.0 Å². The Morgan fingerprint density at radius 2 is 1.49 bits per heavy atom. The summed E-state index contributed by atoms with van der Waals surface area (Å²) in [6, 6.07) is 19.2. The number of methoxy groups -OCH3 is 1. The maximum Gasteiger partial charge on any atom is 0.255 e. The number of benzene rings is 3. The van der Waals surface area contributed by atoms with Crippen LogP contribution in [0.3, 0.4) is 0 Å². The predicted molar refractivity (Wildman–Crippen MR) is 134 cm³/mol. The van der Waals surface area contributed by atoms with Crippen LogP contribution in [0.1, 0.15) is 28.8 Å². The average molecular weight is 494 g/mol. The molecule has 3 aromatic rings. The summed E-state index contributed by atoms with van der Waals surface area (Å²) >= 11 is 0. The molecule has 8 nitrogen and oxygen atoms in total. The summed E-state index contributed by atoms with van der Waals surface area (Å²) < 4.78 is 32.6. The zero-order valence-electron chi connectivity index (χ0n) is 19.5. The van der Waals surface area contributed by atoms with Crippen molar-refractivity contribution in [3.05, 3.63) is 83.9 Å². The highest BCUT2D eigenvalue weighted by Gasteiger charge is 2.39. The third-order valence-electron chi connectivity index (χ3n) is 5.90. The summed E-state index contributed by atoms with van der Waals surface area (Å²) in [4.78, 5) is 25.7. The van der Waals surface area contributed by atoms with E-state index in [4.69, 9.17) is 4.74 Å². The molecule has 1 atom stereocenters. The normalized spacial score (nSPS) is 16.0. The summed E-state index contributed by atoms with van der Waals surface area (Å²) in [5.41, 5.74) is 2.49. The minimum absolute atomic E-state index is 0.176. The van der Waals surface area contributed by atoms with Gasteiger partial charge in [0.2, 0.25) is 15.9 Å². The lowest BCUT2D eigenvalue weighted by Gasteiger charge is -2.23. The standard InChI is InChI=1S/C26H27N3O5S/c1-18-5-15-23(16-6-18)35(32,33)29-17-3-4-24(29)26(31)28-20-9-7-19(8-10-20)25(30)27-21-11-13-22(34-2)14-12-21/h5-16,24H,3-4,17H2,1-2H3,(H,27,30)(H,28,31). The van der Waals surface area contributed by atoms with E-state index < -0.39 is 22.0 Å². The predicted octanol–water partition coefficient (Wildman–Crippen LogP) is 4.05. The molecule has 0 bridgehead atoms. The fraction of sp³-hybridized carbons (Fsp3) is 0.231. The highest BCUT2D eigenvalue weighted by Crippen LogP contribution is 2.27. The van der Waals surface area contributed by atoms with Gasteiger partial charge >= 0.3 is 0 Å². The van der Waals surface area contributed by atoms with Gasteiger partial charge < -0.3 is 15.4 Å². The zero-order valence-corrected chi connectivity index (χ0v) is 20.3. The van der Waals surface area contributed by atoms with Crippen molar-refractivity contribution in [1.82, 2.24) is 4.31 Å². The van der Waals surface area contributed by atoms with Crippen molar-refractivity contribution in [2.75, 3.05) is 24.3 Å². The molecule has 2 N–H and O–H groups in total. The topological polar surface area (TPSA) is 105 Å². The molecule has 0 spiro atoms. The third kappa shape index (κ3) is 5.52. The van der Waals surface area contributed by atoms with Gasteiger partial charge in [0.05, 0.1) is 12.0 Å². The van der Waals surface area contributed by atoms with Crippen LogP contribution >= 0.6 is 0 Å². The van der Waals surface area contributed by atoms with Crippen LogP contribution in [0.25, 0.3) is 0 Å². The first-order valence-electron chi connectivity index (χ1n) is 11.2. The van der Waals surface area contributed by atoms with E-state index in [-0.39, 0.29) is 10.8 Å². The molecule has 0 aromatic heterocycles. The molecular formula is C26H27N3O5S. The molecule has 4 rings (SSSR count). The summed E-state index contributed by atoms with van der Waals surface area (Å²) in [5.74, 6) is 0.00316. The molecule has 9 heteroatoms. The van der Waals surface area contributed by atoms with E-state index in [1.165, 1.54) is 4.31 Å². The quantitative estimate of drug-likeness (QED) is 0.517. The van der Waals surface area contributed by atoms with Gasteiger partial charge in [0.1, 0.15) is 11.8 Å². The van der Waals surface area contributed by atoms with Gasteiger partial charge in [-0.05, 0) is 80.4 Å². The second-order valence-corrected chi connectivity index (χ2v) is 10.2. The molecule has 0 aliphatic carbocycles. The summed E-state index contributed by atoms with van der Waals surface area (Å²) in [5, 5.41) is 5.59. The van der Waals surface area contributed by atoms with Crippen LogP contribution in [0.5, 0.6) is 5.75 Å². The number of amides is 2. The van der Waals surface area contributed by atoms with Crippen molar-refractivity contribution in [2.45, 2.75) is 30.7 Å². The van der Waals surface area contributed by atoms with E-state index in [0.29, 0.717) is 42.1 Å². The van der Waals surface area contributed by atoms with Crippen LogP contribution < -0.4 is 15.4 Å². The van der Waals surface area contributed by atoms with E-state index in [0.717, 1.165) is 5.56 Å². The maximum absolute atomic E-state index is 13.1. The molecule has 1 unspecified atom stereocenters. The first kappa shape index (κ1) is 24.4. The maximum atomic E-state index is 13.1. The van der Waals surface area contributed by atoms with Crippen molar-refractivity contribution in [3.8, 4) is 5.75 Å². The van der Waals surface area contributed by atoms with Crippen molar-refractivity contribution in [3.63, 3.8) is 0 Å². The van der Waals surface area contributed by atoms with Crippen LogP contribution in [0.4, 0.5) is 11.4 Å². The number of ether oxygens (including phenoxy) is 1. The summed E-state index contributed by atoms with van der Waals surface area (Å²) in [7, 11) is -2.21. The molecule has 3 aromatic carbocycles. The fourth-order valence-corrected chi connectivity index (χ4v) is 5.60. The van der Waals surface area contributed by atoms with Crippen LogP contribution in [0, 0.1) is 6.92 Å². The molecule has 1 aliphatic heterocycles. The van der Waals surface area contributed by atoms with Gasteiger partial charge in [0.25, 0.3) is 5.91 Å². The van der Waals surface area contributed by atoms with Crippen molar-refractivity contribution >= 4 is 33.2 Å². The highest BCUT2D eigenvalue weighted by atomic mass is 32.2. The molecule has 1 heterocycles. The van der Waals surface area contributed by atoms with Gasteiger partial charge in [-0.3, -0.25) is 9.59 Å². The third-order valence-corrected chi connectivity index (χ3v) is 7.82. The van der Waals surface area contributed by atoms with Gasteiger partial charge in [0, 0.05) is 23.5 Å². The number of nitrogens with zero attached hydrogens (tertiary/aromatic N) is 1. The molecule has 182 valence electrons. The van der Waals surface area contributed by atoms with Gasteiger partial charge in [0.15, 0.2) is 0 Å². The highest BCUT2D eigenvalue weighted by molar-refractivity contribution is 7.89. The molecule has 2 amide bonds. The number of hydrogen-bond donors (Lipinski definition) is 2. The minimum Gasteiger partial charge on any atom is -0.497 e. The lowest BCUT2D eigenvalue weighted by atomic mass is 10.1. The second kappa shape index (κ2) is 10.3. The zero-order chi connectivity index (χ0) is 25.0. The minimum atomic E-state index is -3.78. The van der Waals surface area contributed by atoms with Gasteiger partial charge in [-0.25, -0.2) is 8.42 Å². The number of carbonyl (C=O) groups excluding carboxylic acids is 2. The lowest BCUT2D eigenvalue weighted by molar-refractivity contribution is -0.119. The Balaban J connectivity index is 1.41. The lowest BCUT2D eigenvalue weighted by Crippen LogP contribution is -2.43. The van der Waals surface area contributed by atoms with E-state index in [1.54, 1.807) is 79.9 Å². The monoisotopic (exact) mass is 493 g/mol. The number of anilines is 2. The Labute approximate surface area is 205 Å². The summed E-state index contributed by atoms with van der Waals surface area (Å²) in [6.45, 7) is 2.18. The number of nitrogens with one attached hydrogen (secondary N) is 2. The number of carbonyl (C=O) groups is 2. The number of sulfonamides is 1. The molecule has 0 saturated carbocycles. The first-order chi connectivity index (χ1) is 16.8. The van der Waals surface area contributed by atoms with Crippen LogP contribution in [0.15, 0.2) is 77.7 Å². The van der Waals surface area contributed by atoms with Crippen LogP contribution in [-0.4, -0.2) is 44.2 Å². The Hall–Kier alpha value is -3.69.